The van der Waals surface area contributed by atoms with Crippen LogP contribution in [0.3, 0.4) is 0 Å². The highest BCUT2D eigenvalue weighted by Gasteiger charge is 2.18. The van der Waals surface area contributed by atoms with Gasteiger partial charge in [-0.05, 0) is 24.6 Å². The van der Waals surface area contributed by atoms with E-state index >= 15 is 0 Å². The smallest absolute Gasteiger partial charge is 0.165 e. The summed E-state index contributed by atoms with van der Waals surface area (Å²) in [7, 11) is 1.94. The monoisotopic (exact) mass is 357 g/mol. The van der Waals surface area contributed by atoms with E-state index in [1.165, 1.54) is 6.33 Å². The predicted octanol–water partition coefficient (Wildman–Crippen LogP) is 1.39. The number of aliphatic hydroxyl groups is 2. The third-order valence-electron chi connectivity index (χ3n) is 4.17. The van der Waals surface area contributed by atoms with Gasteiger partial charge in [-0.3, -0.25) is 0 Å². The normalized spacial score (nSPS) is 11.3. The molecular weight excluding hydrogens is 334 g/mol. The molecule has 0 saturated carbocycles. The van der Waals surface area contributed by atoms with Crippen molar-refractivity contribution in [2.24, 2.45) is 0 Å². The first-order chi connectivity index (χ1) is 12.7. The molecule has 2 aromatic heterocycles. The number of anilines is 1. The molecule has 3 rings (SSSR count). The van der Waals surface area contributed by atoms with Gasteiger partial charge in [0.2, 0.25) is 0 Å². The molecule has 0 spiro atoms. The molecule has 1 aromatic carbocycles. The highest BCUT2D eigenvalue weighted by molar-refractivity contribution is 5.83. The van der Waals surface area contributed by atoms with Gasteiger partial charge in [-0.25, -0.2) is 15.0 Å². The number of aliphatic hydroxyl groups excluding tert-OH is 2. The van der Waals surface area contributed by atoms with E-state index in [1.54, 1.807) is 10.9 Å². The van der Waals surface area contributed by atoms with Gasteiger partial charge in [0.1, 0.15) is 12.1 Å². The van der Waals surface area contributed by atoms with Crippen molar-refractivity contribution in [3.63, 3.8) is 0 Å². The van der Waals surface area contributed by atoms with Crippen LogP contribution in [0.5, 0.6) is 5.75 Å². The largest absolute Gasteiger partial charge is 0.494 e. The molecule has 8 nitrogen and oxygen atoms in total. The van der Waals surface area contributed by atoms with E-state index in [9.17, 15) is 10.2 Å². The molecule has 0 amide bonds. The van der Waals surface area contributed by atoms with Crippen LogP contribution in [-0.2, 0) is 6.54 Å². The molecule has 0 atom stereocenters. The van der Waals surface area contributed by atoms with Gasteiger partial charge in [0.05, 0.1) is 32.2 Å². The second kappa shape index (κ2) is 8.11. The maximum atomic E-state index is 9.42. The zero-order valence-corrected chi connectivity index (χ0v) is 14.9. The summed E-state index contributed by atoms with van der Waals surface area (Å²) in [6.07, 6.45) is 3.04. The Morgan fingerprint density at radius 1 is 1.12 bits per heavy atom. The van der Waals surface area contributed by atoms with Gasteiger partial charge in [0, 0.05) is 13.6 Å². The van der Waals surface area contributed by atoms with E-state index in [-0.39, 0.29) is 13.2 Å². The van der Waals surface area contributed by atoms with Crippen LogP contribution < -0.4 is 9.64 Å². The average molecular weight is 357 g/mol. The summed E-state index contributed by atoms with van der Waals surface area (Å²) in [6.45, 7) is 2.87. The molecule has 8 heteroatoms. The third kappa shape index (κ3) is 3.61. The predicted molar refractivity (Wildman–Crippen MR) is 98.2 cm³/mol. The maximum Gasteiger partial charge on any atom is 0.165 e. The van der Waals surface area contributed by atoms with Gasteiger partial charge in [-0.15, -0.1) is 0 Å². The van der Waals surface area contributed by atoms with Crippen LogP contribution >= 0.6 is 0 Å². The van der Waals surface area contributed by atoms with E-state index in [0.717, 1.165) is 11.3 Å². The first-order valence-corrected chi connectivity index (χ1v) is 8.50. The molecular formula is C18H23N5O3. The highest BCUT2D eigenvalue weighted by Crippen LogP contribution is 2.24. The number of imidazole rings is 1. The fraction of sp³-hybridized carbons (Fsp3) is 0.389. The quantitative estimate of drug-likeness (QED) is 0.629. The number of ether oxygens (including phenoxy) is 1. The molecule has 0 aliphatic carbocycles. The van der Waals surface area contributed by atoms with E-state index in [2.05, 4.69) is 15.0 Å². The van der Waals surface area contributed by atoms with Crippen LogP contribution in [-0.4, -0.2) is 56.6 Å². The fourth-order valence-electron chi connectivity index (χ4n) is 2.83. The number of nitrogens with zero attached hydrogens (tertiary/aromatic N) is 5. The number of aromatic nitrogens is 4. The summed E-state index contributed by atoms with van der Waals surface area (Å²) >= 11 is 0. The zero-order chi connectivity index (χ0) is 18.5. The van der Waals surface area contributed by atoms with E-state index in [4.69, 9.17) is 4.74 Å². The molecule has 0 radical (unpaired) electrons. The molecule has 0 unspecified atom stereocenters. The molecule has 3 aromatic rings. The second-order valence-corrected chi connectivity index (χ2v) is 5.97. The fourth-order valence-corrected chi connectivity index (χ4v) is 2.83. The molecule has 0 fully saturated rings. The Bertz CT molecular complexity index is 846. The van der Waals surface area contributed by atoms with Crippen LogP contribution in [0, 0.1) is 0 Å². The van der Waals surface area contributed by atoms with E-state index in [0.29, 0.717) is 30.1 Å². The molecule has 26 heavy (non-hydrogen) atoms. The summed E-state index contributed by atoms with van der Waals surface area (Å²) in [4.78, 5) is 15.0. The Labute approximate surface area is 151 Å². The van der Waals surface area contributed by atoms with Gasteiger partial charge in [0.25, 0.3) is 0 Å². The average Bonchev–Trinajstić information content (AvgIpc) is 3.09. The van der Waals surface area contributed by atoms with Crippen molar-refractivity contribution in [1.82, 2.24) is 19.5 Å². The molecule has 0 saturated heterocycles. The van der Waals surface area contributed by atoms with Gasteiger partial charge in [0.15, 0.2) is 17.0 Å². The van der Waals surface area contributed by atoms with Gasteiger partial charge >= 0.3 is 0 Å². The minimum atomic E-state index is -0.473. The number of fused-ring (bicyclic) bond motifs is 1. The minimum Gasteiger partial charge on any atom is -0.494 e. The summed E-state index contributed by atoms with van der Waals surface area (Å²) < 4.78 is 7.14. The van der Waals surface area contributed by atoms with Crippen LogP contribution in [0.15, 0.2) is 36.9 Å². The number of hydrogen-bond acceptors (Lipinski definition) is 7. The topological polar surface area (TPSA) is 96.5 Å². The van der Waals surface area contributed by atoms with Gasteiger partial charge in [-0.1, -0.05) is 12.1 Å². The lowest BCUT2D eigenvalue weighted by molar-refractivity contribution is 0.156. The Balaban J connectivity index is 1.85. The lowest BCUT2D eigenvalue weighted by atomic mass is 10.2. The van der Waals surface area contributed by atoms with Crippen molar-refractivity contribution in [3.05, 3.63) is 42.5 Å². The van der Waals surface area contributed by atoms with Crippen LogP contribution in [0.25, 0.3) is 11.2 Å². The molecule has 0 bridgehead atoms. The summed E-state index contributed by atoms with van der Waals surface area (Å²) in [6, 6.07) is 7.46. The Morgan fingerprint density at radius 2 is 1.85 bits per heavy atom. The van der Waals surface area contributed by atoms with Crippen molar-refractivity contribution < 1.29 is 14.9 Å². The molecule has 0 aliphatic heterocycles. The van der Waals surface area contributed by atoms with Crippen molar-refractivity contribution in [1.29, 1.82) is 0 Å². The van der Waals surface area contributed by atoms with Crippen molar-refractivity contribution in [2.75, 3.05) is 31.8 Å². The lowest BCUT2D eigenvalue weighted by Gasteiger charge is -2.19. The first kappa shape index (κ1) is 18.1. The minimum absolute atomic E-state index is 0.191. The molecule has 2 heterocycles. The number of benzene rings is 1. The molecule has 0 aliphatic rings. The Morgan fingerprint density at radius 3 is 2.50 bits per heavy atom. The summed E-state index contributed by atoms with van der Waals surface area (Å²) in [5, 5.41) is 18.8. The van der Waals surface area contributed by atoms with Crippen molar-refractivity contribution in [3.8, 4) is 5.75 Å². The third-order valence-corrected chi connectivity index (χ3v) is 4.17. The van der Waals surface area contributed by atoms with Gasteiger partial charge < -0.3 is 24.4 Å². The first-order valence-electron chi connectivity index (χ1n) is 8.50. The van der Waals surface area contributed by atoms with E-state index in [1.807, 2.05) is 43.1 Å². The number of hydrogen-bond donors (Lipinski definition) is 2. The lowest BCUT2D eigenvalue weighted by Crippen LogP contribution is -2.19. The second-order valence-electron chi connectivity index (χ2n) is 5.97. The maximum absolute atomic E-state index is 9.42. The van der Waals surface area contributed by atoms with Crippen molar-refractivity contribution >= 4 is 17.0 Å². The highest BCUT2D eigenvalue weighted by atomic mass is 16.5. The summed E-state index contributed by atoms with van der Waals surface area (Å²) in [5.74, 6) is 1.54. The van der Waals surface area contributed by atoms with Crippen LogP contribution in [0.4, 0.5) is 5.82 Å². The Kier molecular flexibility index (Phi) is 5.65. The Hall–Kier alpha value is -2.71. The van der Waals surface area contributed by atoms with Crippen LogP contribution in [0.1, 0.15) is 18.5 Å². The van der Waals surface area contributed by atoms with Gasteiger partial charge in [-0.2, -0.15) is 0 Å². The number of rotatable bonds is 8. The summed E-state index contributed by atoms with van der Waals surface area (Å²) in [5.41, 5.74) is 2.33. The molecule has 2 N–H and O–H groups in total. The zero-order valence-electron chi connectivity index (χ0n) is 14.9. The van der Waals surface area contributed by atoms with Crippen LogP contribution in [0.2, 0.25) is 0 Å². The van der Waals surface area contributed by atoms with E-state index < -0.39 is 6.04 Å². The standard InChI is InChI=1S/C18H23N5O3/c1-3-26-15-6-4-13(5-7-15)8-22(2)17-16-18(20-11-19-17)23(12-21-16)14(9-24)10-25/h4-7,11-12,14,24-25H,3,8-10H2,1-2H3. The SMILES string of the molecule is CCOc1ccc(CN(C)c2ncnc3c2ncn3C(CO)CO)cc1. The molecule has 138 valence electrons. The van der Waals surface area contributed by atoms with Crippen molar-refractivity contribution in [2.45, 2.75) is 19.5 Å².